The molecular weight excluding hydrogens is 366 g/mol. The zero-order valence-corrected chi connectivity index (χ0v) is 16.1. The van der Waals surface area contributed by atoms with Crippen molar-refractivity contribution in [3.05, 3.63) is 78.4 Å². The third-order valence-corrected chi connectivity index (χ3v) is 5.27. The van der Waals surface area contributed by atoms with Gasteiger partial charge in [0.1, 0.15) is 6.54 Å². The summed E-state index contributed by atoms with van der Waals surface area (Å²) < 4.78 is 1.59. The first-order chi connectivity index (χ1) is 14.2. The molecule has 0 bridgehead atoms. The summed E-state index contributed by atoms with van der Waals surface area (Å²) in [5, 5.41) is 21.0. The number of aromatic nitrogens is 3. The van der Waals surface area contributed by atoms with E-state index in [-0.39, 0.29) is 18.5 Å². The number of aliphatic hydroxyl groups is 1. The molecule has 1 aliphatic rings. The van der Waals surface area contributed by atoms with E-state index >= 15 is 0 Å². The Morgan fingerprint density at radius 3 is 2.79 bits per heavy atom. The number of anilines is 1. The van der Waals surface area contributed by atoms with E-state index in [0.29, 0.717) is 6.04 Å². The first kappa shape index (κ1) is 19.3. The molecule has 1 amide bonds. The van der Waals surface area contributed by atoms with Crippen molar-refractivity contribution in [2.24, 2.45) is 0 Å². The fraction of sp³-hybridized carbons (Fsp3) is 0.318. The standard InChI is InChI=1S/C22H25N5O2/c28-21(15-27-12-2-11-24-27)26-18-6-4-16(5-7-18)13-19-8-9-20(25-19)22(29)17-3-1-10-23-14-17/h1-7,10-12,14,19-20,22,25,29H,8-9,13,15H2,(H,26,28)/t19-,20+,22+/m0/s1. The quantitative estimate of drug-likeness (QED) is 0.575. The summed E-state index contributed by atoms with van der Waals surface area (Å²) in [5.41, 5.74) is 2.82. The second-order valence-corrected chi connectivity index (χ2v) is 7.43. The van der Waals surface area contributed by atoms with Crippen LogP contribution in [0.3, 0.4) is 0 Å². The van der Waals surface area contributed by atoms with Crippen molar-refractivity contribution in [3.63, 3.8) is 0 Å². The van der Waals surface area contributed by atoms with Crippen molar-refractivity contribution in [1.29, 1.82) is 0 Å². The van der Waals surface area contributed by atoms with Gasteiger partial charge in [-0.1, -0.05) is 18.2 Å². The van der Waals surface area contributed by atoms with Crippen LogP contribution in [-0.4, -0.2) is 37.9 Å². The minimum atomic E-state index is -0.541. The number of pyridine rings is 1. The molecule has 3 N–H and O–H groups in total. The van der Waals surface area contributed by atoms with Crippen molar-refractivity contribution in [3.8, 4) is 0 Å². The number of nitrogens with zero attached hydrogens (tertiary/aromatic N) is 3. The molecule has 0 saturated carbocycles. The van der Waals surface area contributed by atoms with Crippen molar-refractivity contribution in [1.82, 2.24) is 20.1 Å². The minimum absolute atomic E-state index is 0.0463. The molecule has 3 aromatic rings. The molecule has 1 aromatic carbocycles. The van der Waals surface area contributed by atoms with Gasteiger partial charge in [-0.2, -0.15) is 5.10 Å². The zero-order valence-electron chi connectivity index (χ0n) is 16.1. The lowest BCUT2D eigenvalue weighted by atomic mass is 10.0. The van der Waals surface area contributed by atoms with Crippen LogP contribution in [-0.2, 0) is 17.8 Å². The number of hydrogen-bond donors (Lipinski definition) is 3. The average molecular weight is 391 g/mol. The SMILES string of the molecule is O=C(Cn1cccn1)Nc1ccc(C[C@@H]2CC[C@H]([C@H](O)c3cccnc3)N2)cc1. The summed E-state index contributed by atoms with van der Waals surface area (Å²) in [5.74, 6) is -0.105. The smallest absolute Gasteiger partial charge is 0.246 e. The maximum Gasteiger partial charge on any atom is 0.246 e. The Bertz CT molecular complexity index is 912. The maximum absolute atomic E-state index is 12.1. The van der Waals surface area contributed by atoms with E-state index in [9.17, 15) is 9.90 Å². The fourth-order valence-electron chi connectivity index (χ4n) is 3.79. The average Bonchev–Trinajstić information content (AvgIpc) is 3.42. The van der Waals surface area contributed by atoms with E-state index in [0.717, 1.165) is 30.5 Å². The Hall–Kier alpha value is -3.03. The van der Waals surface area contributed by atoms with Gasteiger partial charge in [0.25, 0.3) is 0 Å². The van der Waals surface area contributed by atoms with Crippen LogP contribution in [0.15, 0.2) is 67.3 Å². The molecule has 0 spiro atoms. The third-order valence-electron chi connectivity index (χ3n) is 5.27. The van der Waals surface area contributed by atoms with Gasteiger partial charge in [0.05, 0.1) is 6.10 Å². The molecule has 0 radical (unpaired) electrons. The molecule has 0 unspecified atom stereocenters. The second kappa shape index (κ2) is 8.98. The van der Waals surface area contributed by atoms with Crippen molar-refractivity contribution < 1.29 is 9.90 Å². The number of carbonyl (C=O) groups excluding carboxylic acids is 1. The summed E-state index contributed by atoms with van der Waals surface area (Å²) in [7, 11) is 0. The molecule has 7 heteroatoms. The lowest BCUT2D eigenvalue weighted by Crippen LogP contribution is -2.35. The van der Waals surface area contributed by atoms with Crippen molar-refractivity contribution >= 4 is 11.6 Å². The molecule has 7 nitrogen and oxygen atoms in total. The monoisotopic (exact) mass is 391 g/mol. The van der Waals surface area contributed by atoms with Crippen LogP contribution < -0.4 is 10.6 Å². The third kappa shape index (κ3) is 5.07. The first-order valence-corrected chi connectivity index (χ1v) is 9.87. The van der Waals surface area contributed by atoms with Gasteiger partial charge in [-0.05, 0) is 49.1 Å². The molecule has 1 aliphatic heterocycles. The molecule has 150 valence electrons. The molecule has 3 heterocycles. The number of amides is 1. The summed E-state index contributed by atoms with van der Waals surface area (Å²) >= 11 is 0. The lowest BCUT2D eigenvalue weighted by molar-refractivity contribution is -0.116. The normalized spacial score (nSPS) is 19.8. The van der Waals surface area contributed by atoms with Crippen LogP contribution in [0.4, 0.5) is 5.69 Å². The van der Waals surface area contributed by atoms with Crippen LogP contribution in [0, 0.1) is 0 Å². The van der Waals surface area contributed by atoms with Crippen LogP contribution in [0.25, 0.3) is 0 Å². The van der Waals surface area contributed by atoms with E-state index in [1.165, 1.54) is 5.56 Å². The molecule has 29 heavy (non-hydrogen) atoms. The molecule has 1 fully saturated rings. The Kier molecular flexibility index (Phi) is 5.97. The Morgan fingerprint density at radius 2 is 2.07 bits per heavy atom. The highest BCUT2D eigenvalue weighted by Gasteiger charge is 2.30. The van der Waals surface area contributed by atoms with E-state index < -0.39 is 6.10 Å². The molecule has 4 rings (SSSR count). The molecule has 1 saturated heterocycles. The van der Waals surface area contributed by atoms with Gasteiger partial charge in [-0.15, -0.1) is 0 Å². The molecule has 0 aliphatic carbocycles. The van der Waals surface area contributed by atoms with Gasteiger partial charge in [-0.25, -0.2) is 0 Å². The molecule has 3 atom stereocenters. The highest BCUT2D eigenvalue weighted by Crippen LogP contribution is 2.26. The highest BCUT2D eigenvalue weighted by atomic mass is 16.3. The zero-order chi connectivity index (χ0) is 20.1. The van der Waals surface area contributed by atoms with Gasteiger partial charge < -0.3 is 15.7 Å². The van der Waals surface area contributed by atoms with Gasteiger partial charge in [0, 0.05) is 48.1 Å². The molecule has 2 aromatic heterocycles. The van der Waals surface area contributed by atoms with Gasteiger partial charge in [-0.3, -0.25) is 14.5 Å². The fourth-order valence-corrected chi connectivity index (χ4v) is 3.79. The topological polar surface area (TPSA) is 92.1 Å². The number of hydrogen-bond acceptors (Lipinski definition) is 5. The lowest BCUT2D eigenvalue weighted by Gasteiger charge is -2.20. The van der Waals surface area contributed by atoms with Crippen molar-refractivity contribution in [2.75, 3.05) is 5.32 Å². The van der Waals surface area contributed by atoms with Crippen LogP contribution in [0.2, 0.25) is 0 Å². The van der Waals surface area contributed by atoms with Crippen LogP contribution in [0.1, 0.15) is 30.1 Å². The van der Waals surface area contributed by atoms with E-state index in [2.05, 4.69) is 20.7 Å². The van der Waals surface area contributed by atoms with E-state index in [1.54, 1.807) is 35.5 Å². The van der Waals surface area contributed by atoms with Crippen LogP contribution >= 0.6 is 0 Å². The summed E-state index contributed by atoms with van der Waals surface area (Å²) in [4.78, 5) is 16.1. The van der Waals surface area contributed by atoms with E-state index in [1.807, 2.05) is 36.4 Å². The maximum atomic E-state index is 12.1. The van der Waals surface area contributed by atoms with Crippen molar-refractivity contribution in [2.45, 2.75) is 44.0 Å². The number of carbonyl (C=O) groups is 1. The summed E-state index contributed by atoms with van der Waals surface area (Å²) in [6, 6.07) is 13.8. The van der Waals surface area contributed by atoms with E-state index in [4.69, 9.17) is 0 Å². The summed E-state index contributed by atoms with van der Waals surface area (Å²) in [6.07, 6.45) is 9.14. The Balaban J connectivity index is 1.27. The summed E-state index contributed by atoms with van der Waals surface area (Å²) in [6.45, 7) is 0.196. The van der Waals surface area contributed by atoms with Gasteiger partial charge in [0.2, 0.25) is 5.91 Å². The second-order valence-electron chi connectivity index (χ2n) is 7.43. The number of benzene rings is 1. The Labute approximate surface area is 169 Å². The predicted molar refractivity (Wildman–Crippen MR) is 110 cm³/mol. The first-order valence-electron chi connectivity index (χ1n) is 9.87. The minimum Gasteiger partial charge on any atom is -0.387 e. The highest BCUT2D eigenvalue weighted by molar-refractivity contribution is 5.90. The molecular formula is C22H25N5O2. The van der Waals surface area contributed by atoms with Gasteiger partial charge >= 0.3 is 0 Å². The number of nitrogens with one attached hydrogen (secondary N) is 2. The largest absolute Gasteiger partial charge is 0.387 e. The Morgan fingerprint density at radius 1 is 1.21 bits per heavy atom. The predicted octanol–water partition coefficient (Wildman–Crippen LogP) is 2.31. The number of aliphatic hydroxyl groups excluding tert-OH is 1. The number of rotatable bonds is 7. The van der Waals surface area contributed by atoms with Crippen LogP contribution in [0.5, 0.6) is 0 Å². The van der Waals surface area contributed by atoms with Gasteiger partial charge in [0.15, 0.2) is 0 Å².